The quantitative estimate of drug-likeness (QED) is 0.550. The maximum absolute atomic E-state index is 5.75. The Morgan fingerprint density at radius 3 is 2.84 bits per heavy atom. The molecule has 0 bridgehead atoms. The summed E-state index contributed by atoms with van der Waals surface area (Å²) in [5, 5.41) is 3.30. The van der Waals surface area contributed by atoms with Crippen molar-refractivity contribution in [2.45, 2.75) is 26.3 Å². The second-order valence-electron chi connectivity index (χ2n) is 4.81. The van der Waals surface area contributed by atoms with E-state index in [-0.39, 0.29) is 6.79 Å². The van der Waals surface area contributed by atoms with Crippen LogP contribution in [0.15, 0.2) is 18.2 Å². The summed E-state index contributed by atoms with van der Waals surface area (Å²) in [4.78, 5) is 0. The summed E-state index contributed by atoms with van der Waals surface area (Å²) >= 11 is 0. The Balaban J connectivity index is 1.92. The molecule has 1 aliphatic carbocycles. The molecule has 0 heterocycles. The summed E-state index contributed by atoms with van der Waals surface area (Å²) in [7, 11) is 1.66. The Labute approximate surface area is 115 Å². The maximum Gasteiger partial charge on any atom is 0.189 e. The smallest absolute Gasteiger partial charge is 0.189 e. The van der Waals surface area contributed by atoms with E-state index in [0.717, 1.165) is 42.7 Å². The first kappa shape index (κ1) is 14.2. The van der Waals surface area contributed by atoms with Crippen molar-refractivity contribution in [1.29, 1.82) is 0 Å². The molecule has 1 N–H and O–H groups in total. The first-order valence-electron chi connectivity index (χ1n) is 6.92. The number of benzene rings is 1. The normalized spacial score (nSPS) is 14.4. The molecule has 1 aromatic carbocycles. The molecule has 0 unspecified atom stereocenters. The number of para-hydroxylation sites is 1. The zero-order valence-electron chi connectivity index (χ0n) is 11.8. The lowest BCUT2D eigenvalue weighted by atomic mass is 10.2. The van der Waals surface area contributed by atoms with Crippen LogP contribution in [0.1, 0.15) is 25.3 Å². The molecule has 19 heavy (non-hydrogen) atoms. The minimum atomic E-state index is 0.288. The van der Waals surface area contributed by atoms with E-state index in [1.165, 1.54) is 12.8 Å². The molecule has 1 aliphatic rings. The second-order valence-corrected chi connectivity index (χ2v) is 4.81. The fraction of sp³-hybridized carbons (Fsp3) is 0.600. The summed E-state index contributed by atoms with van der Waals surface area (Å²) in [5.74, 6) is 2.29. The van der Waals surface area contributed by atoms with E-state index in [0.29, 0.717) is 0 Å². The Kier molecular flexibility index (Phi) is 5.48. The Morgan fingerprint density at radius 2 is 2.16 bits per heavy atom. The zero-order chi connectivity index (χ0) is 13.5. The fourth-order valence-electron chi connectivity index (χ4n) is 1.88. The minimum Gasteiger partial charge on any atom is -0.493 e. The first-order chi connectivity index (χ1) is 9.35. The van der Waals surface area contributed by atoms with Gasteiger partial charge in [-0.25, -0.2) is 0 Å². The molecule has 106 valence electrons. The molecular formula is C15H23NO3. The molecule has 0 atom stereocenters. The van der Waals surface area contributed by atoms with Crippen LogP contribution in [0.3, 0.4) is 0 Å². The average Bonchev–Trinajstić information content (AvgIpc) is 3.25. The highest BCUT2D eigenvalue weighted by Crippen LogP contribution is 2.32. The van der Waals surface area contributed by atoms with Crippen molar-refractivity contribution in [1.82, 2.24) is 5.32 Å². The lowest BCUT2D eigenvalue weighted by molar-refractivity contribution is 0.00808. The maximum atomic E-state index is 5.75. The minimum absolute atomic E-state index is 0.288. The van der Waals surface area contributed by atoms with Crippen LogP contribution in [0.25, 0.3) is 0 Å². The van der Waals surface area contributed by atoms with Gasteiger partial charge in [-0.2, -0.15) is 0 Å². The Bertz CT molecular complexity index is 391. The Morgan fingerprint density at radius 1 is 1.32 bits per heavy atom. The van der Waals surface area contributed by atoms with Crippen LogP contribution in [0.5, 0.6) is 11.5 Å². The van der Waals surface area contributed by atoms with Crippen LogP contribution in [-0.4, -0.2) is 27.1 Å². The van der Waals surface area contributed by atoms with Crippen LogP contribution in [0, 0.1) is 5.92 Å². The van der Waals surface area contributed by atoms with Gasteiger partial charge in [0.05, 0.1) is 13.7 Å². The highest BCUT2D eigenvalue weighted by atomic mass is 16.7. The predicted molar refractivity (Wildman–Crippen MR) is 74.5 cm³/mol. The van der Waals surface area contributed by atoms with Gasteiger partial charge in [0.2, 0.25) is 0 Å². The summed E-state index contributed by atoms with van der Waals surface area (Å²) < 4.78 is 16.6. The highest BCUT2D eigenvalue weighted by molar-refractivity contribution is 5.46. The predicted octanol–water partition coefficient (Wildman–Crippen LogP) is 2.57. The summed E-state index contributed by atoms with van der Waals surface area (Å²) in [6, 6.07) is 5.93. The number of nitrogens with one attached hydrogen (secondary N) is 1. The molecule has 0 amide bonds. The molecule has 1 saturated carbocycles. The van der Waals surface area contributed by atoms with E-state index in [9.17, 15) is 0 Å². The van der Waals surface area contributed by atoms with Gasteiger partial charge in [0.25, 0.3) is 0 Å². The largest absolute Gasteiger partial charge is 0.493 e. The molecule has 4 nitrogen and oxygen atoms in total. The second kappa shape index (κ2) is 7.36. The van der Waals surface area contributed by atoms with E-state index >= 15 is 0 Å². The van der Waals surface area contributed by atoms with Crippen molar-refractivity contribution >= 4 is 0 Å². The highest BCUT2D eigenvalue weighted by Gasteiger charge is 2.21. The van der Waals surface area contributed by atoms with Gasteiger partial charge < -0.3 is 19.5 Å². The summed E-state index contributed by atoms with van der Waals surface area (Å²) in [6.07, 6.45) is 2.58. The molecule has 0 aromatic heterocycles. The van der Waals surface area contributed by atoms with Crippen molar-refractivity contribution in [3.8, 4) is 11.5 Å². The summed E-state index contributed by atoms with van der Waals surface area (Å²) in [6.45, 7) is 4.87. The lowest BCUT2D eigenvalue weighted by Crippen LogP contribution is -2.14. The molecule has 1 fully saturated rings. The van der Waals surface area contributed by atoms with Crippen molar-refractivity contribution in [2.24, 2.45) is 5.92 Å². The van der Waals surface area contributed by atoms with Crippen molar-refractivity contribution in [3.63, 3.8) is 0 Å². The third-order valence-electron chi connectivity index (χ3n) is 3.18. The van der Waals surface area contributed by atoms with E-state index in [2.05, 4.69) is 12.2 Å². The number of ether oxygens (including phenoxy) is 3. The first-order valence-corrected chi connectivity index (χ1v) is 6.92. The van der Waals surface area contributed by atoms with Crippen LogP contribution < -0.4 is 14.8 Å². The van der Waals surface area contributed by atoms with Crippen molar-refractivity contribution in [3.05, 3.63) is 23.8 Å². The fourth-order valence-corrected chi connectivity index (χ4v) is 1.88. The van der Waals surface area contributed by atoms with E-state index in [1.807, 2.05) is 18.2 Å². The topological polar surface area (TPSA) is 39.7 Å². The lowest BCUT2D eigenvalue weighted by Gasteiger charge is -2.15. The van der Waals surface area contributed by atoms with E-state index < -0.39 is 0 Å². The molecule has 1 aromatic rings. The van der Waals surface area contributed by atoms with Crippen molar-refractivity contribution in [2.75, 3.05) is 27.1 Å². The molecule has 0 aliphatic heterocycles. The van der Waals surface area contributed by atoms with Gasteiger partial charge >= 0.3 is 0 Å². The van der Waals surface area contributed by atoms with Gasteiger partial charge in [-0.1, -0.05) is 19.1 Å². The number of methoxy groups -OCH3 is 1. The van der Waals surface area contributed by atoms with E-state index in [1.54, 1.807) is 7.11 Å². The molecule has 4 heteroatoms. The molecule has 0 spiro atoms. The monoisotopic (exact) mass is 265 g/mol. The average molecular weight is 265 g/mol. The number of rotatable bonds is 9. The van der Waals surface area contributed by atoms with Gasteiger partial charge in [0.15, 0.2) is 18.3 Å². The van der Waals surface area contributed by atoms with Crippen LogP contribution in [0.4, 0.5) is 0 Å². The van der Waals surface area contributed by atoms with Gasteiger partial charge in [0.1, 0.15) is 0 Å². The molecule has 0 radical (unpaired) electrons. The standard InChI is InChI=1S/C15H23NO3/c1-3-16-9-13-5-4-6-14(17-2)15(13)19-11-18-10-12-7-8-12/h4-6,12,16H,3,7-11H2,1-2H3. The SMILES string of the molecule is CCNCc1cccc(OC)c1OCOCC1CC1. The third kappa shape index (κ3) is 4.40. The third-order valence-corrected chi connectivity index (χ3v) is 3.18. The number of hydrogen-bond acceptors (Lipinski definition) is 4. The van der Waals surface area contributed by atoms with E-state index in [4.69, 9.17) is 14.2 Å². The zero-order valence-corrected chi connectivity index (χ0v) is 11.8. The molecule has 2 rings (SSSR count). The molecular weight excluding hydrogens is 242 g/mol. The van der Waals surface area contributed by atoms with Gasteiger partial charge in [-0.3, -0.25) is 0 Å². The molecule has 0 saturated heterocycles. The van der Waals surface area contributed by atoms with Crippen LogP contribution in [-0.2, 0) is 11.3 Å². The van der Waals surface area contributed by atoms with Crippen LogP contribution in [0.2, 0.25) is 0 Å². The van der Waals surface area contributed by atoms with Gasteiger partial charge in [-0.15, -0.1) is 0 Å². The van der Waals surface area contributed by atoms with Gasteiger partial charge in [0, 0.05) is 12.1 Å². The van der Waals surface area contributed by atoms with Gasteiger partial charge in [-0.05, 0) is 31.4 Å². The van der Waals surface area contributed by atoms with Crippen LogP contribution >= 0.6 is 0 Å². The Hall–Kier alpha value is -1.26. The summed E-state index contributed by atoms with van der Waals surface area (Å²) in [5.41, 5.74) is 1.09. The number of hydrogen-bond donors (Lipinski definition) is 1. The van der Waals surface area contributed by atoms with Crippen molar-refractivity contribution < 1.29 is 14.2 Å².